The summed E-state index contributed by atoms with van der Waals surface area (Å²) in [6, 6.07) is 3.99. The third-order valence-corrected chi connectivity index (χ3v) is 2.58. The van der Waals surface area contributed by atoms with Crippen LogP contribution in [0.2, 0.25) is 0 Å². The van der Waals surface area contributed by atoms with Crippen molar-refractivity contribution >= 4 is 11.3 Å². The highest BCUT2D eigenvalue weighted by atomic mass is 32.1. The first-order valence-electron chi connectivity index (χ1n) is 3.89. The van der Waals surface area contributed by atoms with Gasteiger partial charge in [-0.1, -0.05) is 0 Å². The molecule has 0 radical (unpaired) electrons. The second-order valence-corrected chi connectivity index (χ2v) is 3.90. The topological polar surface area (TPSA) is 64.9 Å². The van der Waals surface area contributed by atoms with E-state index in [2.05, 4.69) is 10.2 Å². The molecule has 2 rings (SSSR count). The van der Waals surface area contributed by atoms with Gasteiger partial charge in [0.15, 0.2) is 0 Å². The number of hydrogen-bond donors (Lipinski definition) is 1. The van der Waals surface area contributed by atoms with Crippen molar-refractivity contribution in [1.82, 2.24) is 10.2 Å². The summed E-state index contributed by atoms with van der Waals surface area (Å²) in [5, 5.41) is 7.67. The fourth-order valence-corrected chi connectivity index (χ4v) is 1.77. The van der Waals surface area contributed by atoms with Gasteiger partial charge >= 0.3 is 0 Å². The highest BCUT2D eigenvalue weighted by Crippen LogP contribution is 2.26. The van der Waals surface area contributed by atoms with E-state index in [1.165, 1.54) is 4.88 Å². The van der Waals surface area contributed by atoms with E-state index in [0.29, 0.717) is 11.8 Å². The first kappa shape index (κ1) is 8.40. The molecule has 0 aliphatic carbocycles. The van der Waals surface area contributed by atoms with Crippen molar-refractivity contribution < 1.29 is 4.42 Å². The summed E-state index contributed by atoms with van der Waals surface area (Å²) in [5.74, 6) is 1.03. The Labute approximate surface area is 79.4 Å². The van der Waals surface area contributed by atoms with Crippen LogP contribution in [0.1, 0.15) is 10.8 Å². The Morgan fingerprint density at radius 1 is 1.46 bits per heavy atom. The van der Waals surface area contributed by atoms with Crippen molar-refractivity contribution in [2.24, 2.45) is 5.73 Å². The molecule has 0 aliphatic heterocycles. The zero-order valence-corrected chi connectivity index (χ0v) is 7.97. The summed E-state index contributed by atoms with van der Waals surface area (Å²) in [7, 11) is 0. The normalized spacial score (nSPS) is 10.6. The van der Waals surface area contributed by atoms with Crippen molar-refractivity contribution in [3.05, 3.63) is 22.9 Å². The smallest absolute Gasteiger partial charge is 0.257 e. The van der Waals surface area contributed by atoms with Crippen LogP contribution in [0, 0.1) is 6.92 Å². The van der Waals surface area contributed by atoms with Crippen LogP contribution in [0.4, 0.5) is 0 Å². The lowest BCUT2D eigenvalue weighted by Crippen LogP contribution is -1.95. The van der Waals surface area contributed by atoms with Gasteiger partial charge in [0.2, 0.25) is 5.89 Å². The van der Waals surface area contributed by atoms with E-state index in [-0.39, 0.29) is 6.54 Å². The molecule has 0 amide bonds. The van der Waals surface area contributed by atoms with Gasteiger partial charge in [-0.05, 0) is 19.1 Å². The molecule has 0 aliphatic rings. The quantitative estimate of drug-likeness (QED) is 0.789. The van der Waals surface area contributed by atoms with E-state index in [1.54, 1.807) is 11.3 Å². The molecule has 68 valence electrons. The summed E-state index contributed by atoms with van der Waals surface area (Å²) in [4.78, 5) is 2.21. The van der Waals surface area contributed by atoms with Crippen molar-refractivity contribution in [2.45, 2.75) is 13.5 Å². The number of aromatic nitrogens is 2. The van der Waals surface area contributed by atoms with E-state index in [0.717, 1.165) is 4.88 Å². The second-order valence-electron chi connectivity index (χ2n) is 2.62. The Morgan fingerprint density at radius 3 is 2.85 bits per heavy atom. The third kappa shape index (κ3) is 1.61. The SMILES string of the molecule is Cc1ccc(-c2nnc(CN)o2)s1. The lowest BCUT2D eigenvalue weighted by molar-refractivity contribution is 0.509. The monoisotopic (exact) mass is 195 g/mol. The number of nitrogens with two attached hydrogens (primary N) is 1. The molecule has 0 saturated heterocycles. The van der Waals surface area contributed by atoms with Gasteiger partial charge in [-0.2, -0.15) is 0 Å². The van der Waals surface area contributed by atoms with E-state index in [1.807, 2.05) is 19.1 Å². The number of rotatable bonds is 2. The van der Waals surface area contributed by atoms with Crippen LogP contribution < -0.4 is 5.73 Å². The van der Waals surface area contributed by atoms with Gasteiger partial charge < -0.3 is 10.2 Å². The van der Waals surface area contributed by atoms with E-state index < -0.39 is 0 Å². The Balaban J connectivity index is 2.35. The van der Waals surface area contributed by atoms with Gasteiger partial charge in [0.1, 0.15) is 0 Å². The molecule has 0 bridgehead atoms. The molecule has 0 spiro atoms. The van der Waals surface area contributed by atoms with Crippen LogP contribution in [-0.2, 0) is 6.54 Å². The van der Waals surface area contributed by atoms with Crippen molar-refractivity contribution in [1.29, 1.82) is 0 Å². The maximum absolute atomic E-state index is 5.35. The van der Waals surface area contributed by atoms with E-state index >= 15 is 0 Å². The molecule has 0 fully saturated rings. The Morgan fingerprint density at radius 2 is 2.31 bits per heavy atom. The van der Waals surface area contributed by atoms with Crippen LogP contribution in [0.3, 0.4) is 0 Å². The summed E-state index contributed by atoms with van der Waals surface area (Å²) in [6.45, 7) is 2.33. The van der Waals surface area contributed by atoms with Gasteiger partial charge in [-0.15, -0.1) is 21.5 Å². The molecule has 0 aromatic carbocycles. The fraction of sp³-hybridized carbons (Fsp3) is 0.250. The maximum atomic E-state index is 5.35. The molecule has 2 aromatic rings. The molecule has 0 saturated carbocycles. The van der Waals surface area contributed by atoms with E-state index in [9.17, 15) is 0 Å². The molecule has 5 heteroatoms. The molecule has 0 atom stereocenters. The zero-order valence-electron chi connectivity index (χ0n) is 7.15. The molecule has 2 aromatic heterocycles. The molecule has 4 nitrogen and oxygen atoms in total. The minimum absolute atomic E-state index is 0.289. The van der Waals surface area contributed by atoms with Gasteiger partial charge in [0, 0.05) is 4.88 Å². The lowest BCUT2D eigenvalue weighted by atomic mass is 10.4. The van der Waals surface area contributed by atoms with Crippen LogP contribution in [-0.4, -0.2) is 10.2 Å². The molecule has 2 heterocycles. The fourth-order valence-electron chi connectivity index (χ4n) is 0.985. The molecule has 2 N–H and O–H groups in total. The summed E-state index contributed by atoms with van der Waals surface area (Å²) >= 11 is 1.63. The predicted octanol–water partition coefficient (Wildman–Crippen LogP) is 1.57. The van der Waals surface area contributed by atoms with Crippen molar-refractivity contribution in [3.63, 3.8) is 0 Å². The Hall–Kier alpha value is -1.20. The number of thiophene rings is 1. The van der Waals surface area contributed by atoms with Crippen LogP contribution >= 0.6 is 11.3 Å². The zero-order chi connectivity index (χ0) is 9.26. The van der Waals surface area contributed by atoms with Crippen LogP contribution in [0.5, 0.6) is 0 Å². The molecular weight excluding hydrogens is 186 g/mol. The first-order chi connectivity index (χ1) is 6.29. The minimum atomic E-state index is 0.289. The van der Waals surface area contributed by atoms with Crippen molar-refractivity contribution in [2.75, 3.05) is 0 Å². The molecular formula is C8H9N3OS. The third-order valence-electron chi connectivity index (χ3n) is 1.59. The number of hydrogen-bond acceptors (Lipinski definition) is 5. The lowest BCUT2D eigenvalue weighted by Gasteiger charge is -1.85. The van der Waals surface area contributed by atoms with Gasteiger partial charge in [0.25, 0.3) is 5.89 Å². The van der Waals surface area contributed by atoms with Crippen LogP contribution in [0.15, 0.2) is 16.5 Å². The van der Waals surface area contributed by atoms with Crippen LogP contribution in [0.25, 0.3) is 10.8 Å². The predicted molar refractivity (Wildman–Crippen MR) is 50.2 cm³/mol. The average Bonchev–Trinajstić information content (AvgIpc) is 2.71. The Bertz CT molecular complexity index is 407. The minimum Gasteiger partial charge on any atom is -0.419 e. The Kier molecular flexibility index (Phi) is 2.12. The van der Waals surface area contributed by atoms with Gasteiger partial charge in [0.05, 0.1) is 11.4 Å². The second kappa shape index (κ2) is 3.27. The largest absolute Gasteiger partial charge is 0.419 e. The molecule has 13 heavy (non-hydrogen) atoms. The highest BCUT2D eigenvalue weighted by molar-refractivity contribution is 7.15. The average molecular weight is 195 g/mol. The molecule has 0 unspecified atom stereocenters. The highest BCUT2D eigenvalue weighted by Gasteiger charge is 2.08. The number of aryl methyl sites for hydroxylation is 1. The maximum Gasteiger partial charge on any atom is 0.257 e. The summed E-state index contributed by atoms with van der Waals surface area (Å²) < 4.78 is 5.30. The standard InChI is InChI=1S/C8H9N3OS/c1-5-2-3-6(13-5)8-11-10-7(4-9)12-8/h2-3H,4,9H2,1H3. The van der Waals surface area contributed by atoms with Gasteiger partial charge in [-0.3, -0.25) is 0 Å². The summed E-state index contributed by atoms with van der Waals surface area (Å²) in [5.41, 5.74) is 5.35. The number of nitrogens with zero attached hydrogens (tertiary/aromatic N) is 2. The first-order valence-corrected chi connectivity index (χ1v) is 4.70. The summed E-state index contributed by atoms with van der Waals surface area (Å²) in [6.07, 6.45) is 0. The van der Waals surface area contributed by atoms with E-state index in [4.69, 9.17) is 10.2 Å². The van der Waals surface area contributed by atoms with Crippen molar-refractivity contribution in [3.8, 4) is 10.8 Å². The van der Waals surface area contributed by atoms with Gasteiger partial charge in [-0.25, -0.2) is 0 Å².